The molecule has 124 valence electrons. The summed E-state index contributed by atoms with van der Waals surface area (Å²) in [4.78, 5) is 32.6. The second kappa shape index (κ2) is 6.65. The number of carbonyl (C=O) groups is 1. The molecule has 0 spiro atoms. The van der Waals surface area contributed by atoms with Gasteiger partial charge in [-0.25, -0.2) is 19.9 Å². The number of hydrogen-bond donors (Lipinski definition) is 3. The molecule has 3 heterocycles. The highest BCUT2D eigenvalue weighted by molar-refractivity contribution is 7.17. The predicted molar refractivity (Wildman–Crippen MR) is 94.7 cm³/mol. The van der Waals surface area contributed by atoms with Gasteiger partial charge in [-0.1, -0.05) is 23.5 Å². The van der Waals surface area contributed by atoms with E-state index in [9.17, 15) is 4.79 Å². The molecule has 1 amide bonds. The van der Waals surface area contributed by atoms with Crippen LogP contribution in [0.2, 0.25) is 0 Å². The lowest BCUT2D eigenvalue weighted by Gasteiger charge is -2.00. The van der Waals surface area contributed by atoms with E-state index in [0.29, 0.717) is 28.3 Å². The lowest BCUT2D eigenvalue weighted by Crippen LogP contribution is -2.22. The first kappa shape index (κ1) is 15.2. The molecule has 0 atom stereocenters. The van der Waals surface area contributed by atoms with Crippen LogP contribution in [0.15, 0.2) is 48.9 Å². The van der Waals surface area contributed by atoms with E-state index in [0.717, 1.165) is 11.0 Å². The number of fused-ring (bicyclic) bond motifs is 1. The van der Waals surface area contributed by atoms with Crippen LogP contribution in [0.5, 0.6) is 0 Å². The molecule has 0 aliphatic heterocycles. The third-order valence-electron chi connectivity index (χ3n) is 3.37. The molecular weight excluding hydrogens is 338 g/mol. The van der Waals surface area contributed by atoms with Crippen molar-refractivity contribution >= 4 is 39.4 Å². The van der Waals surface area contributed by atoms with Crippen LogP contribution in [0.25, 0.3) is 11.0 Å². The van der Waals surface area contributed by atoms with Gasteiger partial charge >= 0.3 is 0 Å². The second-order valence-electron chi connectivity index (χ2n) is 5.11. The van der Waals surface area contributed by atoms with Gasteiger partial charge in [-0.15, -0.1) is 0 Å². The molecular formula is C16H13N7OS. The van der Waals surface area contributed by atoms with Crippen LogP contribution in [-0.4, -0.2) is 30.8 Å². The second-order valence-corrected chi connectivity index (χ2v) is 6.14. The predicted octanol–water partition coefficient (Wildman–Crippen LogP) is 2.48. The maximum atomic E-state index is 12.3. The number of aromatic nitrogens is 5. The lowest BCUT2D eigenvalue weighted by atomic mass is 10.3. The highest BCUT2D eigenvalue weighted by Crippen LogP contribution is 2.20. The highest BCUT2D eigenvalue weighted by Gasteiger charge is 2.12. The number of nitrogens with one attached hydrogen (secondary N) is 3. The first-order valence-corrected chi connectivity index (χ1v) is 8.31. The van der Waals surface area contributed by atoms with E-state index in [1.807, 2.05) is 24.3 Å². The van der Waals surface area contributed by atoms with E-state index in [1.54, 1.807) is 18.5 Å². The molecule has 0 saturated carbocycles. The van der Waals surface area contributed by atoms with Gasteiger partial charge < -0.3 is 15.6 Å². The summed E-state index contributed by atoms with van der Waals surface area (Å²) >= 11 is 1.23. The van der Waals surface area contributed by atoms with Crippen molar-refractivity contribution in [1.82, 2.24) is 30.2 Å². The van der Waals surface area contributed by atoms with Gasteiger partial charge in [-0.3, -0.25) is 4.79 Å². The van der Waals surface area contributed by atoms with E-state index in [1.165, 1.54) is 17.5 Å². The normalized spacial score (nSPS) is 10.7. The zero-order valence-corrected chi connectivity index (χ0v) is 13.7. The van der Waals surface area contributed by atoms with E-state index in [4.69, 9.17) is 0 Å². The van der Waals surface area contributed by atoms with Gasteiger partial charge in [0.2, 0.25) is 5.95 Å². The average molecular weight is 351 g/mol. The molecule has 3 aromatic heterocycles. The lowest BCUT2D eigenvalue weighted by molar-refractivity contribution is 0.0954. The SMILES string of the molecule is O=C(NCc1nc2ccccc2[nH]1)c1cnc(Nc2ncccn2)s1. The summed E-state index contributed by atoms with van der Waals surface area (Å²) in [7, 11) is 0. The van der Waals surface area contributed by atoms with Crippen molar-refractivity contribution in [2.75, 3.05) is 5.32 Å². The van der Waals surface area contributed by atoms with Gasteiger partial charge in [0.1, 0.15) is 10.7 Å². The summed E-state index contributed by atoms with van der Waals surface area (Å²) in [6.07, 6.45) is 4.78. The Balaban J connectivity index is 1.39. The van der Waals surface area contributed by atoms with Crippen LogP contribution < -0.4 is 10.6 Å². The van der Waals surface area contributed by atoms with Crippen molar-refractivity contribution in [2.45, 2.75) is 6.54 Å². The Morgan fingerprint density at radius 3 is 2.80 bits per heavy atom. The molecule has 8 nitrogen and oxygen atoms in total. The van der Waals surface area contributed by atoms with Crippen LogP contribution in [0.1, 0.15) is 15.5 Å². The van der Waals surface area contributed by atoms with Crippen LogP contribution in [-0.2, 0) is 6.54 Å². The number of thiazole rings is 1. The molecule has 4 rings (SSSR count). The Morgan fingerprint density at radius 1 is 1.12 bits per heavy atom. The molecule has 0 aliphatic rings. The Kier molecular flexibility index (Phi) is 4.05. The minimum Gasteiger partial charge on any atom is -0.344 e. The molecule has 1 aromatic carbocycles. The zero-order valence-electron chi connectivity index (χ0n) is 12.9. The average Bonchev–Trinajstić information content (AvgIpc) is 3.27. The summed E-state index contributed by atoms with van der Waals surface area (Å²) in [5, 5.41) is 6.35. The first-order chi connectivity index (χ1) is 12.3. The fourth-order valence-electron chi connectivity index (χ4n) is 2.24. The molecule has 0 saturated heterocycles. The largest absolute Gasteiger partial charge is 0.344 e. The van der Waals surface area contributed by atoms with Crippen LogP contribution >= 0.6 is 11.3 Å². The number of imidazole rings is 1. The Bertz CT molecular complexity index is 978. The number of H-pyrrole nitrogens is 1. The molecule has 9 heteroatoms. The van der Waals surface area contributed by atoms with Crippen LogP contribution in [0, 0.1) is 0 Å². The fraction of sp³-hybridized carbons (Fsp3) is 0.0625. The molecule has 4 aromatic rings. The number of benzene rings is 1. The molecule has 0 fully saturated rings. The van der Waals surface area contributed by atoms with Crippen molar-refractivity contribution < 1.29 is 4.79 Å². The molecule has 0 radical (unpaired) electrons. The quantitative estimate of drug-likeness (QED) is 0.510. The monoisotopic (exact) mass is 351 g/mol. The summed E-state index contributed by atoms with van der Waals surface area (Å²) in [5.41, 5.74) is 1.82. The van der Waals surface area contributed by atoms with E-state index >= 15 is 0 Å². The maximum Gasteiger partial charge on any atom is 0.263 e. The zero-order chi connectivity index (χ0) is 17.1. The third-order valence-corrected chi connectivity index (χ3v) is 4.28. The number of carbonyl (C=O) groups excluding carboxylic acids is 1. The molecule has 25 heavy (non-hydrogen) atoms. The molecule has 0 aliphatic carbocycles. The minimum atomic E-state index is -0.208. The van der Waals surface area contributed by atoms with Crippen molar-refractivity contribution in [3.05, 3.63) is 59.6 Å². The van der Waals surface area contributed by atoms with Crippen molar-refractivity contribution in [2.24, 2.45) is 0 Å². The number of anilines is 2. The molecule has 0 unspecified atom stereocenters. The summed E-state index contributed by atoms with van der Waals surface area (Å²) in [6, 6.07) is 9.45. The Labute approximate surface area is 146 Å². The number of para-hydroxylation sites is 2. The standard InChI is InChI=1S/C16H13N7OS/c24-14(19-9-13-21-10-4-1-2-5-11(10)22-13)12-8-20-16(25-12)23-15-17-6-3-7-18-15/h1-8H,9H2,(H,19,24)(H,21,22)(H,17,18,20,23). The number of aromatic amines is 1. The topological polar surface area (TPSA) is 108 Å². The fourth-order valence-corrected chi connectivity index (χ4v) is 2.96. The van der Waals surface area contributed by atoms with Gasteiger partial charge in [-0.05, 0) is 18.2 Å². The maximum absolute atomic E-state index is 12.3. The van der Waals surface area contributed by atoms with Gasteiger partial charge in [0.15, 0.2) is 5.13 Å². The van der Waals surface area contributed by atoms with Crippen molar-refractivity contribution in [1.29, 1.82) is 0 Å². The van der Waals surface area contributed by atoms with Gasteiger partial charge in [0, 0.05) is 12.4 Å². The van der Waals surface area contributed by atoms with Gasteiger partial charge in [0.05, 0.1) is 23.8 Å². The van der Waals surface area contributed by atoms with Crippen LogP contribution in [0.4, 0.5) is 11.1 Å². The van der Waals surface area contributed by atoms with Crippen molar-refractivity contribution in [3.63, 3.8) is 0 Å². The minimum absolute atomic E-state index is 0.208. The van der Waals surface area contributed by atoms with Gasteiger partial charge in [0.25, 0.3) is 5.91 Å². The van der Waals surface area contributed by atoms with Crippen molar-refractivity contribution in [3.8, 4) is 0 Å². The first-order valence-electron chi connectivity index (χ1n) is 7.49. The summed E-state index contributed by atoms with van der Waals surface area (Å²) < 4.78 is 0. The summed E-state index contributed by atoms with van der Waals surface area (Å²) in [5.74, 6) is 0.932. The van der Waals surface area contributed by atoms with E-state index in [-0.39, 0.29) is 5.91 Å². The molecule has 0 bridgehead atoms. The number of rotatable bonds is 5. The smallest absolute Gasteiger partial charge is 0.263 e. The van der Waals surface area contributed by atoms with E-state index < -0.39 is 0 Å². The van der Waals surface area contributed by atoms with Crippen LogP contribution in [0.3, 0.4) is 0 Å². The van der Waals surface area contributed by atoms with Gasteiger partial charge in [-0.2, -0.15) is 0 Å². The Hall–Kier alpha value is -3.33. The van der Waals surface area contributed by atoms with E-state index in [2.05, 4.69) is 35.6 Å². The summed E-state index contributed by atoms with van der Waals surface area (Å²) in [6.45, 7) is 0.315. The third kappa shape index (κ3) is 3.45. The number of amides is 1. The highest BCUT2D eigenvalue weighted by atomic mass is 32.1. The number of hydrogen-bond acceptors (Lipinski definition) is 7. The molecule has 3 N–H and O–H groups in total. The number of nitrogens with zero attached hydrogens (tertiary/aromatic N) is 4. The Morgan fingerprint density at radius 2 is 1.96 bits per heavy atom.